The molecule has 3 heterocycles. The highest BCUT2D eigenvalue weighted by atomic mass is 32.1. The number of para-hydroxylation sites is 1. The van der Waals surface area contributed by atoms with Gasteiger partial charge in [0.25, 0.3) is 11.2 Å². The molecule has 0 spiro atoms. The number of thiazole rings is 1. The van der Waals surface area contributed by atoms with Crippen LogP contribution in [-0.2, 0) is 9.53 Å². The normalized spacial score (nSPS) is 15.0. The molecule has 204 valence electrons. The minimum absolute atomic E-state index is 0.00660. The van der Waals surface area contributed by atoms with Gasteiger partial charge in [-0.2, -0.15) is 0 Å². The van der Waals surface area contributed by atoms with Gasteiger partial charge in [0, 0.05) is 28.8 Å². The first-order chi connectivity index (χ1) is 19.2. The molecule has 11 heteroatoms. The third kappa shape index (κ3) is 4.75. The lowest BCUT2D eigenvalue weighted by molar-refractivity contribution is -0.385. The lowest BCUT2D eigenvalue weighted by Crippen LogP contribution is -2.40. The Kier molecular flexibility index (Phi) is 7.22. The van der Waals surface area contributed by atoms with Crippen molar-refractivity contribution >= 4 is 29.1 Å². The Balaban J connectivity index is 1.64. The number of methoxy groups -OCH3 is 1. The van der Waals surface area contributed by atoms with Crippen molar-refractivity contribution < 1.29 is 23.6 Å². The van der Waals surface area contributed by atoms with Crippen LogP contribution in [0.4, 0.5) is 5.69 Å². The van der Waals surface area contributed by atoms with E-state index in [-0.39, 0.29) is 23.4 Å². The zero-order chi connectivity index (χ0) is 28.6. The third-order valence-corrected chi connectivity index (χ3v) is 7.52. The second-order valence-electron chi connectivity index (χ2n) is 9.00. The predicted molar refractivity (Wildman–Crippen MR) is 149 cm³/mol. The molecule has 2 aromatic carbocycles. The van der Waals surface area contributed by atoms with Gasteiger partial charge in [-0.1, -0.05) is 41.7 Å². The van der Waals surface area contributed by atoms with Gasteiger partial charge < -0.3 is 13.9 Å². The Morgan fingerprint density at radius 1 is 1.20 bits per heavy atom. The second-order valence-corrected chi connectivity index (χ2v) is 10.0. The van der Waals surface area contributed by atoms with Crippen LogP contribution in [0.5, 0.6) is 5.75 Å². The van der Waals surface area contributed by atoms with Crippen molar-refractivity contribution in [3.8, 4) is 17.1 Å². The number of nitrogens with zero attached hydrogens (tertiary/aromatic N) is 3. The molecule has 10 nitrogen and oxygen atoms in total. The minimum atomic E-state index is -0.811. The number of esters is 1. The molecule has 0 bridgehead atoms. The van der Waals surface area contributed by atoms with Crippen molar-refractivity contribution in [3.05, 3.63) is 113 Å². The number of ether oxygens (including phenoxy) is 2. The molecule has 0 N–H and O–H groups in total. The maximum atomic E-state index is 13.8. The number of carbonyl (C=O) groups excluding carboxylic acids is 1. The molecule has 0 saturated heterocycles. The van der Waals surface area contributed by atoms with Crippen LogP contribution in [0.15, 0.2) is 80.1 Å². The summed E-state index contributed by atoms with van der Waals surface area (Å²) in [5.74, 6) is 0.770. The summed E-state index contributed by atoms with van der Waals surface area (Å²) in [6, 6.07) is 14.6. The SMILES string of the molecule is CCOC(=O)C1=C(C)N=c2sc(=Cc3ccc(-c4ccc(C)c([N+](=O)[O-])c4)o3)c(=O)n2C1c1ccccc1OC. The van der Waals surface area contributed by atoms with Gasteiger partial charge in [0.15, 0.2) is 4.80 Å². The van der Waals surface area contributed by atoms with Crippen LogP contribution in [0.1, 0.15) is 36.8 Å². The monoisotopic (exact) mass is 559 g/mol. The van der Waals surface area contributed by atoms with E-state index in [1.165, 1.54) is 17.7 Å². The summed E-state index contributed by atoms with van der Waals surface area (Å²) in [6.45, 7) is 5.27. The molecule has 2 aromatic heterocycles. The molecular formula is C29H25N3O7S. The quantitative estimate of drug-likeness (QED) is 0.188. The van der Waals surface area contributed by atoms with Crippen molar-refractivity contribution in [1.82, 2.24) is 4.57 Å². The third-order valence-electron chi connectivity index (χ3n) is 6.54. The highest BCUT2D eigenvalue weighted by Gasteiger charge is 2.35. The van der Waals surface area contributed by atoms with Gasteiger partial charge >= 0.3 is 5.97 Å². The Hall–Kier alpha value is -4.77. The number of hydrogen-bond donors (Lipinski definition) is 0. The standard InChI is InChI=1S/C29H25N3O7S/c1-5-38-28(34)25-17(3)30-29-31(26(25)20-8-6-7-9-23(20)37-4)27(33)24(40-29)15-19-12-13-22(39-19)18-11-10-16(2)21(14-18)32(35)36/h6-15,26H,5H2,1-4H3. The fraction of sp³-hybridized carbons (Fsp3) is 0.207. The van der Waals surface area contributed by atoms with Gasteiger partial charge in [-0.25, -0.2) is 9.79 Å². The van der Waals surface area contributed by atoms with E-state index in [1.807, 2.05) is 12.1 Å². The van der Waals surface area contributed by atoms with Gasteiger partial charge in [-0.15, -0.1) is 0 Å². The molecule has 0 aliphatic carbocycles. The van der Waals surface area contributed by atoms with Gasteiger partial charge in [0.05, 0.1) is 34.4 Å². The molecule has 0 radical (unpaired) electrons. The smallest absolute Gasteiger partial charge is 0.338 e. The number of carbonyl (C=O) groups is 1. The number of aromatic nitrogens is 1. The van der Waals surface area contributed by atoms with Crippen LogP contribution in [0.2, 0.25) is 0 Å². The van der Waals surface area contributed by atoms with E-state index in [2.05, 4.69) is 4.99 Å². The fourth-order valence-corrected chi connectivity index (χ4v) is 5.68. The van der Waals surface area contributed by atoms with Crippen LogP contribution >= 0.6 is 11.3 Å². The number of nitro benzene ring substituents is 1. The number of furan rings is 1. The molecule has 0 amide bonds. The van der Waals surface area contributed by atoms with E-state index >= 15 is 0 Å². The van der Waals surface area contributed by atoms with Crippen molar-refractivity contribution in [3.63, 3.8) is 0 Å². The summed E-state index contributed by atoms with van der Waals surface area (Å²) in [6.07, 6.45) is 1.60. The van der Waals surface area contributed by atoms with Crippen molar-refractivity contribution in [2.45, 2.75) is 26.8 Å². The molecule has 5 rings (SSSR count). The highest BCUT2D eigenvalue weighted by Crippen LogP contribution is 2.35. The number of aryl methyl sites for hydroxylation is 1. The number of benzene rings is 2. The second kappa shape index (κ2) is 10.8. The van der Waals surface area contributed by atoms with Crippen LogP contribution in [-0.4, -0.2) is 29.2 Å². The van der Waals surface area contributed by atoms with E-state index < -0.39 is 16.9 Å². The lowest BCUT2D eigenvalue weighted by atomic mass is 9.95. The predicted octanol–water partition coefficient (Wildman–Crippen LogP) is 4.28. The number of nitro groups is 1. The maximum absolute atomic E-state index is 13.8. The van der Waals surface area contributed by atoms with Crippen LogP contribution < -0.4 is 19.6 Å². The molecule has 1 aliphatic heterocycles. The Bertz CT molecular complexity index is 1860. The summed E-state index contributed by atoms with van der Waals surface area (Å²) < 4.78 is 18.7. The molecule has 0 saturated carbocycles. The van der Waals surface area contributed by atoms with Gasteiger partial charge in [0.2, 0.25) is 0 Å². The molecule has 1 aliphatic rings. The zero-order valence-corrected chi connectivity index (χ0v) is 23.0. The summed E-state index contributed by atoms with van der Waals surface area (Å²) in [4.78, 5) is 42.8. The minimum Gasteiger partial charge on any atom is -0.496 e. The van der Waals surface area contributed by atoms with Crippen molar-refractivity contribution in [2.24, 2.45) is 4.99 Å². The average molecular weight is 560 g/mol. The van der Waals surface area contributed by atoms with Crippen LogP contribution in [0.25, 0.3) is 17.4 Å². The first-order valence-electron chi connectivity index (χ1n) is 12.4. The fourth-order valence-electron chi connectivity index (χ4n) is 4.65. The van der Waals surface area contributed by atoms with Gasteiger partial charge in [-0.05, 0) is 39.0 Å². The molecule has 1 atom stereocenters. The highest BCUT2D eigenvalue weighted by molar-refractivity contribution is 7.07. The molecule has 1 unspecified atom stereocenters. The largest absolute Gasteiger partial charge is 0.496 e. The lowest BCUT2D eigenvalue weighted by Gasteiger charge is -2.25. The molecular weight excluding hydrogens is 534 g/mol. The molecule has 0 fully saturated rings. The van der Waals surface area contributed by atoms with E-state index in [0.717, 1.165) is 11.3 Å². The Morgan fingerprint density at radius 3 is 2.70 bits per heavy atom. The number of hydrogen-bond acceptors (Lipinski definition) is 9. The summed E-state index contributed by atoms with van der Waals surface area (Å²) in [5, 5.41) is 11.4. The maximum Gasteiger partial charge on any atom is 0.338 e. The number of allylic oxidation sites excluding steroid dienone is 1. The van der Waals surface area contributed by atoms with Crippen LogP contribution in [0, 0.1) is 17.0 Å². The topological polar surface area (TPSA) is 126 Å². The number of rotatable bonds is 7. The van der Waals surface area contributed by atoms with E-state index in [9.17, 15) is 19.7 Å². The zero-order valence-electron chi connectivity index (χ0n) is 22.2. The first kappa shape index (κ1) is 26.8. The average Bonchev–Trinajstić information content (AvgIpc) is 3.52. The van der Waals surface area contributed by atoms with E-state index in [4.69, 9.17) is 13.9 Å². The number of fused-ring (bicyclic) bond motifs is 1. The first-order valence-corrected chi connectivity index (χ1v) is 13.2. The Morgan fingerprint density at radius 2 is 1.98 bits per heavy atom. The van der Waals surface area contributed by atoms with E-state index in [1.54, 1.807) is 63.2 Å². The van der Waals surface area contributed by atoms with Crippen molar-refractivity contribution in [1.29, 1.82) is 0 Å². The van der Waals surface area contributed by atoms with Gasteiger partial charge in [0.1, 0.15) is 23.3 Å². The summed E-state index contributed by atoms with van der Waals surface area (Å²) >= 11 is 1.16. The molecule has 40 heavy (non-hydrogen) atoms. The van der Waals surface area contributed by atoms with E-state index in [0.29, 0.717) is 49.0 Å². The molecule has 4 aromatic rings. The summed E-state index contributed by atoms with van der Waals surface area (Å²) in [7, 11) is 1.53. The van der Waals surface area contributed by atoms with Crippen LogP contribution in [0.3, 0.4) is 0 Å². The van der Waals surface area contributed by atoms with Crippen molar-refractivity contribution in [2.75, 3.05) is 13.7 Å². The van der Waals surface area contributed by atoms with Gasteiger partial charge in [-0.3, -0.25) is 19.5 Å². The summed E-state index contributed by atoms with van der Waals surface area (Å²) in [5.41, 5.74) is 2.05. The Labute approximate surface area is 232 Å².